The number of amides is 1. The minimum atomic E-state index is -0.290. The van der Waals surface area contributed by atoms with Crippen molar-refractivity contribution >= 4 is 40.0 Å². The van der Waals surface area contributed by atoms with Gasteiger partial charge in [0.05, 0.1) is 30.6 Å². The number of carbonyl (C=O) groups is 1. The number of halogens is 1. The van der Waals surface area contributed by atoms with Crippen LogP contribution in [0, 0.1) is 13.5 Å². The van der Waals surface area contributed by atoms with Crippen LogP contribution >= 0.6 is 11.6 Å². The van der Waals surface area contributed by atoms with Crippen molar-refractivity contribution in [2.24, 2.45) is 0 Å². The second-order valence-corrected chi connectivity index (χ2v) is 7.87. The summed E-state index contributed by atoms with van der Waals surface area (Å²) in [7, 11) is 1.40. The van der Waals surface area contributed by atoms with Crippen LogP contribution in [0.5, 0.6) is 0 Å². The Balaban J connectivity index is 1.83. The Morgan fingerprint density at radius 2 is 2.03 bits per heavy atom. The molecule has 0 aliphatic carbocycles. The number of aromatic nitrogens is 2. The molecule has 0 atom stereocenters. The number of anilines is 1. The molecule has 0 saturated carbocycles. The van der Waals surface area contributed by atoms with E-state index in [1.165, 1.54) is 13.3 Å². The lowest BCUT2D eigenvalue weighted by Crippen LogP contribution is -2.38. The van der Waals surface area contributed by atoms with E-state index in [4.69, 9.17) is 28.6 Å². The van der Waals surface area contributed by atoms with E-state index in [9.17, 15) is 4.79 Å². The smallest absolute Gasteiger partial charge is 0.409 e. The largest absolute Gasteiger partial charge is 0.453 e. The van der Waals surface area contributed by atoms with Gasteiger partial charge in [-0.3, -0.25) is 4.98 Å². The van der Waals surface area contributed by atoms with Crippen molar-refractivity contribution in [3.05, 3.63) is 52.7 Å². The quantitative estimate of drug-likeness (QED) is 0.574. The first kappa shape index (κ1) is 20.0. The van der Waals surface area contributed by atoms with Crippen LogP contribution in [0.25, 0.3) is 26.9 Å². The molecule has 2 aromatic heterocycles. The molecule has 7 nitrogen and oxygen atoms in total. The fraction of sp³-hybridized carbons (Fsp3) is 0.318. The highest BCUT2D eigenvalue weighted by atomic mass is 35.5. The van der Waals surface area contributed by atoms with Crippen molar-refractivity contribution in [2.75, 3.05) is 25.9 Å². The van der Waals surface area contributed by atoms with Crippen molar-refractivity contribution in [2.45, 2.75) is 25.8 Å². The Morgan fingerprint density at radius 3 is 2.70 bits per heavy atom. The van der Waals surface area contributed by atoms with Gasteiger partial charge < -0.3 is 19.9 Å². The lowest BCUT2D eigenvalue weighted by molar-refractivity contribution is 0.107. The van der Waals surface area contributed by atoms with E-state index in [1.54, 1.807) is 11.1 Å². The zero-order valence-corrected chi connectivity index (χ0v) is 17.6. The molecule has 1 aromatic carbocycles. The van der Waals surface area contributed by atoms with E-state index < -0.39 is 0 Å². The van der Waals surface area contributed by atoms with Crippen molar-refractivity contribution in [1.29, 1.82) is 0 Å². The summed E-state index contributed by atoms with van der Waals surface area (Å²) < 4.78 is 7.08. The molecule has 3 heterocycles. The molecular weight excluding hydrogens is 402 g/mol. The van der Waals surface area contributed by atoms with Crippen LogP contribution in [0.2, 0.25) is 5.02 Å². The summed E-state index contributed by atoms with van der Waals surface area (Å²) in [6, 6.07) is 4.17. The van der Waals surface area contributed by atoms with E-state index in [1.807, 2.05) is 19.1 Å². The number of nitrogens with zero attached hydrogens (tertiary/aromatic N) is 4. The number of likely N-dealkylation sites (tertiary alicyclic amines) is 1. The molecule has 154 valence electrons. The Bertz CT molecular complexity index is 1170. The van der Waals surface area contributed by atoms with Crippen LogP contribution in [-0.4, -0.2) is 40.7 Å². The Kier molecular flexibility index (Phi) is 5.27. The number of hydrogen-bond acceptors (Lipinski definition) is 4. The van der Waals surface area contributed by atoms with Gasteiger partial charge in [-0.2, -0.15) is 0 Å². The highest BCUT2D eigenvalue weighted by Crippen LogP contribution is 2.41. The summed E-state index contributed by atoms with van der Waals surface area (Å²) in [5, 5.41) is 1.39. The molecular formula is C22H22ClN5O2. The first-order valence-electron chi connectivity index (χ1n) is 9.69. The second kappa shape index (κ2) is 7.88. The minimum Gasteiger partial charge on any atom is -0.453 e. The number of carbonyl (C=O) groups excluding carboxylic acids is 1. The highest BCUT2D eigenvalue weighted by molar-refractivity contribution is 6.36. The normalized spacial score (nSPS) is 14.7. The maximum absolute atomic E-state index is 11.8. The van der Waals surface area contributed by atoms with E-state index in [0.717, 1.165) is 40.4 Å². The standard InChI is InChI=1S/C22H22ClN5O2/c1-13-8-20-15(9-19(13)25-2)17(16-10-26-11-18(24)21(16)23)12-28(20)14-4-6-27(7-5-14)22(29)30-3/h8-12,14H,4-7,24H2,1,3H3. The number of ether oxygens (including phenoxy) is 1. The van der Waals surface area contributed by atoms with Gasteiger partial charge in [0, 0.05) is 48.2 Å². The molecule has 1 fully saturated rings. The van der Waals surface area contributed by atoms with Gasteiger partial charge >= 0.3 is 6.09 Å². The molecule has 3 aromatic rings. The number of fused-ring (bicyclic) bond motifs is 1. The van der Waals surface area contributed by atoms with E-state index >= 15 is 0 Å². The number of benzene rings is 1. The van der Waals surface area contributed by atoms with Gasteiger partial charge in [0.2, 0.25) is 0 Å². The molecule has 2 N–H and O–H groups in total. The van der Waals surface area contributed by atoms with Gasteiger partial charge in [0.25, 0.3) is 0 Å². The summed E-state index contributed by atoms with van der Waals surface area (Å²) in [4.78, 5) is 21.4. The van der Waals surface area contributed by atoms with Crippen LogP contribution in [0.3, 0.4) is 0 Å². The van der Waals surface area contributed by atoms with Gasteiger partial charge in [-0.1, -0.05) is 11.6 Å². The van der Waals surface area contributed by atoms with Crippen LogP contribution in [0.4, 0.5) is 16.2 Å². The molecule has 1 aliphatic rings. The number of rotatable bonds is 2. The van der Waals surface area contributed by atoms with E-state index in [2.05, 4.69) is 20.6 Å². The number of piperidine rings is 1. The average molecular weight is 424 g/mol. The number of aryl methyl sites for hydroxylation is 1. The number of methoxy groups -OCH3 is 1. The van der Waals surface area contributed by atoms with Crippen LogP contribution in [0.15, 0.2) is 30.7 Å². The highest BCUT2D eigenvalue weighted by Gasteiger charge is 2.26. The summed E-state index contributed by atoms with van der Waals surface area (Å²) in [6.45, 7) is 10.7. The third kappa shape index (κ3) is 3.33. The molecule has 0 spiro atoms. The van der Waals surface area contributed by atoms with E-state index in [0.29, 0.717) is 29.5 Å². The summed E-state index contributed by atoms with van der Waals surface area (Å²) in [5.74, 6) is 0. The first-order valence-corrected chi connectivity index (χ1v) is 10.1. The molecule has 1 amide bonds. The zero-order chi connectivity index (χ0) is 21.4. The number of hydrogen-bond donors (Lipinski definition) is 1. The second-order valence-electron chi connectivity index (χ2n) is 7.50. The Hall–Kier alpha value is -3.24. The Labute approximate surface area is 179 Å². The first-order chi connectivity index (χ1) is 14.4. The topological polar surface area (TPSA) is 77.7 Å². The average Bonchev–Trinajstić information content (AvgIpc) is 3.12. The molecule has 0 bridgehead atoms. The van der Waals surface area contributed by atoms with Crippen molar-refractivity contribution in [3.8, 4) is 11.1 Å². The van der Waals surface area contributed by atoms with Gasteiger partial charge in [-0.05, 0) is 42.8 Å². The predicted octanol–water partition coefficient (Wildman–Crippen LogP) is 5.20. The summed E-state index contributed by atoms with van der Waals surface area (Å²) in [5.41, 5.74) is 10.6. The zero-order valence-electron chi connectivity index (χ0n) is 16.9. The molecule has 8 heteroatoms. The number of nitrogen functional groups attached to an aromatic ring is 1. The fourth-order valence-corrected chi connectivity index (χ4v) is 4.33. The van der Waals surface area contributed by atoms with Gasteiger partial charge in [0.15, 0.2) is 5.69 Å². The van der Waals surface area contributed by atoms with Crippen LogP contribution in [-0.2, 0) is 4.74 Å². The number of pyridine rings is 1. The molecule has 1 aliphatic heterocycles. The fourth-order valence-electron chi connectivity index (χ4n) is 4.13. The van der Waals surface area contributed by atoms with Crippen molar-refractivity contribution < 1.29 is 9.53 Å². The predicted molar refractivity (Wildman–Crippen MR) is 118 cm³/mol. The minimum absolute atomic E-state index is 0.216. The molecule has 0 radical (unpaired) electrons. The third-order valence-electron chi connectivity index (χ3n) is 5.76. The van der Waals surface area contributed by atoms with Gasteiger partial charge in [0.1, 0.15) is 0 Å². The molecule has 30 heavy (non-hydrogen) atoms. The van der Waals surface area contributed by atoms with Crippen LogP contribution in [0.1, 0.15) is 24.4 Å². The summed E-state index contributed by atoms with van der Waals surface area (Å²) >= 11 is 6.51. The summed E-state index contributed by atoms with van der Waals surface area (Å²) in [6.07, 6.45) is 6.63. The molecule has 1 saturated heterocycles. The van der Waals surface area contributed by atoms with Gasteiger partial charge in [-0.15, -0.1) is 0 Å². The maximum atomic E-state index is 11.8. The van der Waals surface area contributed by atoms with Crippen molar-refractivity contribution in [1.82, 2.24) is 14.5 Å². The lowest BCUT2D eigenvalue weighted by Gasteiger charge is -2.32. The molecule has 0 unspecified atom stereocenters. The van der Waals surface area contributed by atoms with E-state index in [-0.39, 0.29) is 12.1 Å². The third-order valence-corrected chi connectivity index (χ3v) is 6.18. The monoisotopic (exact) mass is 423 g/mol. The number of nitrogens with two attached hydrogens (primary N) is 1. The Morgan fingerprint density at radius 1 is 1.30 bits per heavy atom. The maximum Gasteiger partial charge on any atom is 0.409 e. The van der Waals surface area contributed by atoms with Crippen molar-refractivity contribution in [3.63, 3.8) is 0 Å². The van der Waals surface area contributed by atoms with Crippen LogP contribution < -0.4 is 5.73 Å². The van der Waals surface area contributed by atoms with Gasteiger partial charge in [-0.25, -0.2) is 9.64 Å². The SMILES string of the molecule is [C-]#[N+]c1cc2c(-c3cncc(N)c3Cl)cn(C3CCN(C(=O)OC)CC3)c2cc1C. The lowest BCUT2D eigenvalue weighted by atomic mass is 10.0. The molecule has 4 rings (SSSR count).